The molecule has 0 atom stereocenters. The van der Waals surface area contributed by atoms with Gasteiger partial charge in [0.05, 0.1) is 13.0 Å². The third-order valence-electron chi connectivity index (χ3n) is 3.00. The summed E-state index contributed by atoms with van der Waals surface area (Å²) in [7, 11) is 1.50. The Bertz CT molecular complexity index is 599. The minimum atomic E-state index is -0.344. The molecule has 0 aliphatic carbocycles. The van der Waals surface area contributed by atoms with Gasteiger partial charge < -0.3 is 9.47 Å². The van der Waals surface area contributed by atoms with Crippen molar-refractivity contribution in [3.8, 4) is 11.5 Å². The van der Waals surface area contributed by atoms with Crippen LogP contribution in [0, 0.1) is 12.7 Å². The highest BCUT2D eigenvalue weighted by Crippen LogP contribution is 2.24. The fourth-order valence-electron chi connectivity index (χ4n) is 1.88. The van der Waals surface area contributed by atoms with E-state index in [1.54, 1.807) is 12.1 Å². The van der Waals surface area contributed by atoms with Crippen LogP contribution in [0.15, 0.2) is 36.4 Å². The van der Waals surface area contributed by atoms with Gasteiger partial charge in [0.25, 0.3) is 0 Å². The zero-order valence-electron chi connectivity index (χ0n) is 11.5. The molecule has 2 aromatic rings. The van der Waals surface area contributed by atoms with Crippen molar-refractivity contribution in [2.75, 3.05) is 7.11 Å². The standard InChI is InChI=1S/C16H16ClFO2/c1-11-3-6-16(13(7-11)9-17)20-10-12-4-5-14(19-2)8-15(12)18/h3-8H,9-10H2,1-2H3. The number of ether oxygens (including phenoxy) is 2. The van der Waals surface area contributed by atoms with E-state index in [-0.39, 0.29) is 12.4 Å². The van der Waals surface area contributed by atoms with Gasteiger partial charge in [-0.05, 0) is 25.1 Å². The van der Waals surface area contributed by atoms with Gasteiger partial charge in [0.1, 0.15) is 23.9 Å². The lowest BCUT2D eigenvalue weighted by molar-refractivity contribution is 0.297. The van der Waals surface area contributed by atoms with Gasteiger partial charge in [0.15, 0.2) is 0 Å². The average Bonchev–Trinajstić information content (AvgIpc) is 2.46. The van der Waals surface area contributed by atoms with Crippen molar-refractivity contribution in [3.63, 3.8) is 0 Å². The number of rotatable bonds is 5. The highest BCUT2D eigenvalue weighted by Gasteiger charge is 2.07. The Morgan fingerprint density at radius 2 is 1.90 bits per heavy atom. The molecule has 0 aromatic heterocycles. The summed E-state index contributed by atoms with van der Waals surface area (Å²) in [6.07, 6.45) is 0. The third-order valence-corrected chi connectivity index (χ3v) is 3.29. The monoisotopic (exact) mass is 294 g/mol. The fourth-order valence-corrected chi connectivity index (χ4v) is 2.09. The first-order valence-corrected chi connectivity index (χ1v) is 6.78. The molecule has 2 aromatic carbocycles. The summed E-state index contributed by atoms with van der Waals surface area (Å²) in [4.78, 5) is 0. The normalized spacial score (nSPS) is 10.4. The maximum atomic E-state index is 13.8. The summed E-state index contributed by atoms with van der Waals surface area (Å²) in [5.74, 6) is 1.19. The van der Waals surface area contributed by atoms with Crippen LogP contribution in [0.25, 0.3) is 0 Å². The van der Waals surface area contributed by atoms with Crippen LogP contribution in [-0.2, 0) is 12.5 Å². The van der Waals surface area contributed by atoms with E-state index in [9.17, 15) is 4.39 Å². The lowest BCUT2D eigenvalue weighted by Crippen LogP contribution is -2.01. The van der Waals surface area contributed by atoms with Crippen molar-refractivity contribution in [1.82, 2.24) is 0 Å². The summed E-state index contributed by atoms with van der Waals surface area (Å²) in [5, 5.41) is 0. The van der Waals surface area contributed by atoms with Gasteiger partial charge in [-0.1, -0.05) is 17.7 Å². The molecule has 20 heavy (non-hydrogen) atoms. The van der Waals surface area contributed by atoms with Crippen LogP contribution in [0.4, 0.5) is 4.39 Å². The Labute approximate surface area is 123 Å². The number of benzene rings is 2. The molecule has 0 aliphatic heterocycles. The molecule has 0 aliphatic rings. The van der Waals surface area contributed by atoms with Crippen molar-refractivity contribution in [2.24, 2.45) is 0 Å². The second-order valence-corrected chi connectivity index (χ2v) is 4.76. The first-order chi connectivity index (χ1) is 9.63. The molecule has 0 spiro atoms. The zero-order chi connectivity index (χ0) is 14.5. The van der Waals surface area contributed by atoms with Crippen molar-refractivity contribution in [3.05, 3.63) is 58.9 Å². The summed E-state index contributed by atoms with van der Waals surface area (Å²) < 4.78 is 24.4. The van der Waals surface area contributed by atoms with Crippen molar-refractivity contribution >= 4 is 11.6 Å². The molecule has 4 heteroatoms. The van der Waals surface area contributed by atoms with Gasteiger partial charge in [0.2, 0.25) is 0 Å². The minimum absolute atomic E-state index is 0.156. The van der Waals surface area contributed by atoms with Gasteiger partial charge in [0, 0.05) is 17.2 Å². The Hall–Kier alpha value is -1.74. The Kier molecular flexibility index (Phi) is 4.85. The Balaban J connectivity index is 2.12. The minimum Gasteiger partial charge on any atom is -0.497 e. The maximum Gasteiger partial charge on any atom is 0.133 e. The van der Waals surface area contributed by atoms with Crippen LogP contribution < -0.4 is 9.47 Å². The van der Waals surface area contributed by atoms with E-state index in [1.165, 1.54) is 13.2 Å². The van der Waals surface area contributed by atoms with Gasteiger partial charge >= 0.3 is 0 Å². The molecular formula is C16H16ClFO2. The highest BCUT2D eigenvalue weighted by molar-refractivity contribution is 6.17. The molecule has 0 radical (unpaired) electrons. The number of halogens is 2. The maximum absolute atomic E-state index is 13.8. The third kappa shape index (κ3) is 3.42. The summed E-state index contributed by atoms with van der Waals surface area (Å²) >= 11 is 5.89. The predicted octanol–water partition coefficient (Wildman–Crippen LogP) is 4.46. The highest BCUT2D eigenvalue weighted by atomic mass is 35.5. The van der Waals surface area contributed by atoms with Gasteiger partial charge in [-0.2, -0.15) is 0 Å². The fraction of sp³-hybridized carbons (Fsp3) is 0.250. The van der Waals surface area contributed by atoms with Crippen molar-refractivity contribution < 1.29 is 13.9 Å². The molecule has 0 saturated heterocycles. The first-order valence-electron chi connectivity index (χ1n) is 6.24. The van der Waals surface area contributed by atoms with Gasteiger partial charge in [-0.3, -0.25) is 0 Å². The van der Waals surface area contributed by atoms with E-state index in [2.05, 4.69) is 0 Å². The Morgan fingerprint density at radius 3 is 2.55 bits per heavy atom. The molecule has 2 nitrogen and oxygen atoms in total. The second-order valence-electron chi connectivity index (χ2n) is 4.49. The number of aryl methyl sites for hydroxylation is 1. The van der Waals surface area contributed by atoms with E-state index in [1.807, 2.05) is 25.1 Å². The van der Waals surface area contributed by atoms with Gasteiger partial charge in [-0.25, -0.2) is 4.39 Å². The SMILES string of the molecule is COc1ccc(COc2ccc(C)cc2CCl)c(F)c1. The number of hydrogen-bond donors (Lipinski definition) is 0. The second kappa shape index (κ2) is 6.62. The van der Waals surface area contributed by atoms with Crippen LogP contribution in [0.3, 0.4) is 0 Å². The Morgan fingerprint density at radius 1 is 1.10 bits per heavy atom. The van der Waals surface area contributed by atoms with Crippen LogP contribution in [0.1, 0.15) is 16.7 Å². The molecule has 0 saturated carbocycles. The quantitative estimate of drug-likeness (QED) is 0.758. The molecule has 106 valence electrons. The first kappa shape index (κ1) is 14.7. The summed E-state index contributed by atoms with van der Waals surface area (Å²) in [6, 6.07) is 10.5. The lowest BCUT2D eigenvalue weighted by atomic mass is 10.1. The van der Waals surface area contributed by atoms with Crippen LogP contribution in [-0.4, -0.2) is 7.11 Å². The smallest absolute Gasteiger partial charge is 0.133 e. The van der Waals surface area contributed by atoms with Gasteiger partial charge in [-0.15, -0.1) is 11.6 Å². The van der Waals surface area contributed by atoms with E-state index < -0.39 is 0 Å². The number of methoxy groups -OCH3 is 1. The van der Waals surface area contributed by atoms with Crippen LogP contribution >= 0.6 is 11.6 Å². The number of alkyl halides is 1. The van der Waals surface area contributed by atoms with E-state index in [4.69, 9.17) is 21.1 Å². The summed E-state index contributed by atoms with van der Waals surface area (Å²) in [6.45, 7) is 2.14. The molecule has 0 bridgehead atoms. The molecule has 2 rings (SSSR count). The van der Waals surface area contributed by atoms with Crippen molar-refractivity contribution in [1.29, 1.82) is 0 Å². The lowest BCUT2D eigenvalue weighted by Gasteiger charge is -2.11. The molecule has 0 heterocycles. The van der Waals surface area contributed by atoms with E-state index >= 15 is 0 Å². The zero-order valence-corrected chi connectivity index (χ0v) is 12.2. The predicted molar refractivity (Wildman–Crippen MR) is 78.0 cm³/mol. The average molecular weight is 295 g/mol. The topological polar surface area (TPSA) is 18.5 Å². The molecule has 0 amide bonds. The number of hydrogen-bond acceptors (Lipinski definition) is 2. The van der Waals surface area contributed by atoms with Crippen LogP contribution in [0.5, 0.6) is 11.5 Å². The molecule has 0 fully saturated rings. The van der Waals surface area contributed by atoms with Crippen LogP contribution in [0.2, 0.25) is 0 Å². The molecular weight excluding hydrogens is 279 g/mol. The van der Waals surface area contributed by atoms with E-state index in [0.717, 1.165) is 11.1 Å². The molecule has 0 unspecified atom stereocenters. The van der Waals surface area contributed by atoms with Crippen molar-refractivity contribution in [2.45, 2.75) is 19.4 Å². The molecule has 0 N–H and O–H groups in total. The largest absolute Gasteiger partial charge is 0.497 e. The van der Waals surface area contributed by atoms with E-state index in [0.29, 0.717) is 22.9 Å². The summed E-state index contributed by atoms with van der Waals surface area (Å²) in [5.41, 5.74) is 2.50.